The highest BCUT2D eigenvalue weighted by molar-refractivity contribution is 5.97. The highest BCUT2D eigenvalue weighted by Crippen LogP contribution is 2.37. The number of ether oxygens (including phenoxy) is 1. The molecule has 1 saturated heterocycles. The van der Waals surface area contributed by atoms with Crippen LogP contribution in [-0.2, 0) is 6.18 Å². The number of halogens is 8. The van der Waals surface area contributed by atoms with Gasteiger partial charge < -0.3 is 14.5 Å². The number of carbonyl (C=O) groups excluding carboxylic acids is 1. The molecule has 0 saturated carbocycles. The highest BCUT2D eigenvalue weighted by Gasteiger charge is 2.58. The molecule has 0 N–H and O–H groups in total. The zero-order valence-electron chi connectivity index (χ0n) is 18.1. The van der Waals surface area contributed by atoms with Gasteiger partial charge in [-0.1, -0.05) is 0 Å². The lowest BCUT2D eigenvalue weighted by molar-refractivity contribution is -0.384. The first kappa shape index (κ1) is 26.9. The second-order valence-corrected chi connectivity index (χ2v) is 7.75. The van der Waals surface area contributed by atoms with Crippen molar-refractivity contribution < 1.29 is 49.6 Å². The summed E-state index contributed by atoms with van der Waals surface area (Å²) in [6, 6.07) is 6.58. The third-order valence-corrected chi connectivity index (χ3v) is 5.35. The van der Waals surface area contributed by atoms with E-state index in [1.807, 2.05) is 0 Å². The topological polar surface area (TPSA) is 75.9 Å². The van der Waals surface area contributed by atoms with Crippen LogP contribution in [0.4, 0.5) is 46.5 Å². The van der Waals surface area contributed by atoms with Gasteiger partial charge in [0.15, 0.2) is 6.61 Å². The molecule has 0 unspecified atom stereocenters. The number of anilines is 1. The minimum atomic E-state index is -5.91. The van der Waals surface area contributed by atoms with Gasteiger partial charge in [0.1, 0.15) is 5.75 Å². The molecule has 0 radical (unpaired) electrons. The Hall–Kier alpha value is -3.65. The van der Waals surface area contributed by atoms with E-state index in [1.54, 1.807) is 4.90 Å². The molecule has 2 aromatic rings. The number of alkyl halides is 8. The van der Waals surface area contributed by atoms with Gasteiger partial charge in [0.25, 0.3) is 11.6 Å². The SMILES string of the molecule is O=C(c1cc([N+](=O)[O-])ccc1OCC(F)(F)C(F)(F)F)N1CCN(c2ccc(C(F)(F)F)cc2)CC1. The average molecular weight is 527 g/mol. The van der Waals surface area contributed by atoms with Crippen LogP contribution >= 0.6 is 0 Å². The molecule has 2 aromatic carbocycles. The first-order chi connectivity index (χ1) is 16.6. The third-order valence-electron chi connectivity index (χ3n) is 5.35. The molecule has 0 spiro atoms. The predicted octanol–water partition coefficient (Wildman–Crippen LogP) is 5.15. The fraction of sp³-hybridized carbons (Fsp3) is 0.381. The number of carbonyl (C=O) groups is 1. The van der Waals surface area contributed by atoms with E-state index in [0.29, 0.717) is 11.8 Å². The second kappa shape index (κ2) is 9.78. The number of rotatable bonds is 6. The molecule has 0 atom stereocenters. The summed E-state index contributed by atoms with van der Waals surface area (Å²) in [6.07, 6.45) is -10.4. The Bertz CT molecular complexity index is 1110. The number of non-ortho nitro benzene ring substituents is 1. The van der Waals surface area contributed by atoms with Gasteiger partial charge in [-0.15, -0.1) is 0 Å². The van der Waals surface area contributed by atoms with E-state index in [1.165, 1.54) is 17.0 Å². The molecule has 0 aromatic heterocycles. The van der Waals surface area contributed by atoms with Gasteiger partial charge in [-0.2, -0.15) is 35.1 Å². The number of nitro benzene ring substituents is 1. The van der Waals surface area contributed by atoms with Crippen molar-refractivity contribution in [2.24, 2.45) is 0 Å². The summed E-state index contributed by atoms with van der Waals surface area (Å²) in [5.41, 5.74) is -1.58. The Morgan fingerprint density at radius 1 is 0.917 bits per heavy atom. The van der Waals surface area contributed by atoms with Crippen molar-refractivity contribution in [2.75, 3.05) is 37.7 Å². The summed E-state index contributed by atoms with van der Waals surface area (Å²) in [4.78, 5) is 26.0. The molecule has 15 heteroatoms. The van der Waals surface area contributed by atoms with Gasteiger partial charge in [-0.25, -0.2) is 0 Å². The minimum Gasteiger partial charge on any atom is -0.486 e. The monoisotopic (exact) mass is 527 g/mol. The van der Waals surface area contributed by atoms with Crippen LogP contribution in [0.3, 0.4) is 0 Å². The largest absolute Gasteiger partial charge is 0.486 e. The van der Waals surface area contributed by atoms with Gasteiger partial charge in [0.05, 0.1) is 16.1 Å². The molecule has 0 bridgehead atoms. The van der Waals surface area contributed by atoms with E-state index < -0.39 is 58.3 Å². The molecule has 1 amide bonds. The molecule has 1 aliphatic heterocycles. The van der Waals surface area contributed by atoms with E-state index in [4.69, 9.17) is 0 Å². The van der Waals surface area contributed by atoms with Crippen LogP contribution in [0.2, 0.25) is 0 Å². The smallest absolute Gasteiger partial charge is 0.456 e. The fourth-order valence-corrected chi connectivity index (χ4v) is 3.37. The van der Waals surface area contributed by atoms with Crippen molar-refractivity contribution in [3.05, 3.63) is 63.7 Å². The van der Waals surface area contributed by atoms with Crippen molar-refractivity contribution in [3.8, 4) is 5.75 Å². The summed E-state index contributed by atoms with van der Waals surface area (Å²) < 4.78 is 107. The van der Waals surface area contributed by atoms with Crippen LogP contribution < -0.4 is 9.64 Å². The van der Waals surface area contributed by atoms with Crippen LogP contribution in [0.15, 0.2) is 42.5 Å². The Labute approximate surface area is 198 Å². The summed E-state index contributed by atoms with van der Waals surface area (Å²) in [7, 11) is 0. The Kier molecular flexibility index (Phi) is 7.32. The van der Waals surface area contributed by atoms with Gasteiger partial charge in [0.2, 0.25) is 0 Å². The highest BCUT2D eigenvalue weighted by atomic mass is 19.4. The lowest BCUT2D eigenvalue weighted by Crippen LogP contribution is -2.49. The number of nitro groups is 1. The van der Waals surface area contributed by atoms with Gasteiger partial charge in [-0.05, 0) is 30.3 Å². The number of benzene rings is 2. The maximum absolute atomic E-state index is 13.3. The molecule has 1 fully saturated rings. The van der Waals surface area contributed by atoms with Crippen molar-refractivity contribution in [2.45, 2.75) is 18.3 Å². The molecule has 7 nitrogen and oxygen atoms in total. The molecular weight excluding hydrogens is 510 g/mol. The number of amides is 1. The first-order valence-corrected chi connectivity index (χ1v) is 10.2. The van der Waals surface area contributed by atoms with E-state index in [0.717, 1.165) is 24.3 Å². The summed E-state index contributed by atoms with van der Waals surface area (Å²) in [5.74, 6) is -6.83. The standard InChI is InChI=1S/C21H17F8N3O4/c22-19(23,21(27,28)29)12-36-17-6-5-15(32(34)35)11-16(17)18(33)31-9-7-30(8-10-31)14-3-1-13(2-4-14)20(24,25)26/h1-6,11H,7-10,12H2. The number of hydrogen-bond donors (Lipinski definition) is 0. The van der Waals surface area contributed by atoms with Crippen molar-refractivity contribution in [3.63, 3.8) is 0 Å². The lowest BCUT2D eigenvalue weighted by atomic mass is 10.1. The quantitative estimate of drug-likeness (QED) is 0.295. The van der Waals surface area contributed by atoms with Gasteiger partial charge >= 0.3 is 18.3 Å². The maximum Gasteiger partial charge on any atom is 0.456 e. The molecule has 1 heterocycles. The van der Waals surface area contributed by atoms with Crippen molar-refractivity contribution in [1.82, 2.24) is 4.90 Å². The van der Waals surface area contributed by atoms with Crippen molar-refractivity contribution >= 4 is 17.3 Å². The Morgan fingerprint density at radius 2 is 1.50 bits per heavy atom. The molecular formula is C21H17F8N3O4. The predicted molar refractivity (Wildman–Crippen MR) is 109 cm³/mol. The van der Waals surface area contributed by atoms with Crippen LogP contribution in [0.25, 0.3) is 0 Å². The second-order valence-electron chi connectivity index (χ2n) is 7.75. The molecule has 36 heavy (non-hydrogen) atoms. The molecule has 0 aliphatic carbocycles. The van der Waals surface area contributed by atoms with Crippen LogP contribution in [0.1, 0.15) is 15.9 Å². The van der Waals surface area contributed by atoms with Crippen LogP contribution in [0.5, 0.6) is 5.75 Å². The molecule has 1 aliphatic rings. The van der Waals surface area contributed by atoms with E-state index in [-0.39, 0.29) is 26.2 Å². The number of piperazine rings is 1. The zero-order valence-corrected chi connectivity index (χ0v) is 18.1. The number of nitrogens with zero attached hydrogens (tertiary/aromatic N) is 3. The third kappa shape index (κ3) is 5.94. The van der Waals surface area contributed by atoms with Crippen LogP contribution in [0, 0.1) is 10.1 Å². The fourth-order valence-electron chi connectivity index (χ4n) is 3.37. The van der Waals surface area contributed by atoms with Gasteiger partial charge in [-0.3, -0.25) is 14.9 Å². The van der Waals surface area contributed by atoms with E-state index in [2.05, 4.69) is 4.74 Å². The van der Waals surface area contributed by atoms with Crippen LogP contribution in [-0.4, -0.2) is 60.6 Å². The zero-order chi connectivity index (χ0) is 26.9. The summed E-state index contributed by atoms with van der Waals surface area (Å²) in [6.45, 7) is -1.87. The molecule has 196 valence electrons. The maximum atomic E-state index is 13.3. The molecule has 3 rings (SSSR count). The number of hydrogen-bond acceptors (Lipinski definition) is 5. The lowest BCUT2D eigenvalue weighted by Gasteiger charge is -2.36. The Balaban J connectivity index is 1.75. The summed E-state index contributed by atoms with van der Waals surface area (Å²) in [5, 5.41) is 11.1. The van der Waals surface area contributed by atoms with Crippen molar-refractivity contribution in [1.29, 1.82) is 0 Å². The minimum absolute atomic E-state index is 0.0132. The first-order valence-electron chi connectivity index (χ1n) is 10.2. The Morgan fingerprint density at radius 3 is 2.00 bits per heavy atom. The normalized spacial score (nSPS) is 15.1. The van der Waals surface area contributed by atoms with E-state index in [9.17, 15) is 50.0 Å². The summed E-state index contributed by atoms with van der Waals surface area (Å²) >= 11 is 0. The van der Waals surface area contributed by atoms with Gasteiger partial charge in [0, 0.05) is 44.0 Å². The average Bonchev–Trinajstić information content (AvgIpc) is 2.81. The van der Waals surface area contributed by atoms with E-state index >= 15 is 0 Å².